The molecule has 19 heavy (non-hydrogen) atoms. The number of H-pyrrole nitrogens is 1. The van der Waals surface area contributed by atoms with Crippen molar-refractivity contribution in [1.29, 1.82) is 0 Å². The summed E-state index contributed by atoms with van der Waals surface area (Å²) in [5, 5.41) is 10.1. The van der Waals surface area contributed by atoms with Gasteiger partial charge in [-0.25, -0.2) is 4.98 Å². The summed E-state index contributed by atoms with van der Waals surface area (Å²) in [4.78, 5) is 19.2. The van der Waals surface area contributed by atoms with Crippen LogP contribution in [0.3, 0.4) is 0 Å². The van der Waals surface area contributed by atoms with Crippen LogP contribution in [0.5, 0.6) is 0 Å². The van der Waals surface area contributed by atoms with Crippen molar-refractivity contribution in [3.63, 3.8) is 0 Å². The zero-order valence-electron chi connectivity index (χ0n) is 11.4. The van der Waals surface area contributed by atoms with E-state index in [2.05, 4.69) is 9.97 Å². The number of imidazole rings is 1. The fourth-order valence-electron chi connectivity index (χ4n) is 2.07. The predicted molar refractivity (Wildman–Crippen MR) is 77.6 cm³/mol. The first-order valence-electron chi connectivity index (χ1n) is 6.39. The average Bonchev–Trinajstić information content (AvgIpc) is 2.77. The molecule has 0 bridgehead atoms. The van der Waals surface area contributed by atoms with E-state index >= 15 is 0 Å². The summed E-state index contributed by atoms with van der Waals surface area (Å²) < 4.78 is -0.803. The van der Waals surface area contributed by atoms with E-state index in [0.29, 0.717) is 18.0 Å². The lowest BCUT2D eigenvalue weighted by Crippen LogP contribution is -2.33. The van der Waals surface area contributed by atoms with Crippen molar-refractivity contribution in [2.24, 2.45) is 0 Å². The van der Waals surface area contributed by atoms with Gasteiger partial charge in [0.1, 0.15) is 4.75 Å². The van der Waals surface area contributed by atoms with E-state index in [1.54, 1.807) is 0 Å². The van der Waals surface area contributed by atoms with Crippen LogP contribution < -0.4 is 0 Å². The van der Waals surface area contributed by atoms with Crippen LogP contribution in [0.25, 0.3) is 11.0 Å². The van der Waals surface area contributed by atoms with E-state index in [4.69, 9.17) is 0 Å². The molecule has 0 radical (unpaired) electrons. The van der Waals surface area contributed by atoms with Crippen LogP contribution in [0.1, 0.15) is 32.3 Å². The van der Waals surface area contributed by atoms with Gasteiger partial charge in [-0.1, -0.05) is 31.7 Å². The minimum atomic E-state index is -0.803. The zero-order chi connectivity index (χ0) is 14.0. The Balaban J connectivity index is 2.36. The number of rotatable bonds is 5. The van der Waals surface area contributed by atoms with Crippen LogP contribution in [0.2, 0.25) is 0 Å². The molecule has 0 atom stereocenters. The summed E-state index contributed by atoms with van der Waals surface area (Å²) in [6.07, 6.45) is 1.14. The van der Waals surface area contributed by atoms with E-state index in [9.17, 15) is 9.90 Å². The van der Waals surface area contributed by atoms with Gasteiger partial charge in [0.05, 0.1) is 11.0 Å². The van der Waals surface area contributed by atoms with Gasteiger partial charge < -0.3 is 10.1 Å². The highest BCUT2D eigenvalue weighted by Crippen LogP contribution is 2.38. The van der Waals surface area contributed by atoms with Crippen LogP contribution in [0.15, 0.2) is 23.4 Å². The molecule has 2 rings (SSSR count). The number of hydrogen-bond donors (Lipinski definition) is 2. The third-order valence-corrected chi connectivity index (χ3v) is 4.97. The number of aromatic nitrogens is 2. The monoisotopic (exact) mass is 278 g/mol. The van der Waals surface area contributed by atoms with Gasteiger partial charge in [0.25, 0.3) is 0 Å². The Labute approximate surface area is 116 Å². The van der Waals surface area contributed by atoms with Crippen molar-refractivity contribution in [3.8, 4) is 0 Å². The highest BCUT2D eigenvalue weighted by molar-refractivity contribution is 8.01. The molecule has 5 heteroatoms. The van der Waals surface area contributed by atoms with Gasteiger partial charge in [0, 0.05) is 0 Å². The van der Waals surface area contributed by atoms with E-state index in [-0.39, 0.29) is 0 Å². The second kappa shape index (κ2) is 5.25. The molecule has 0 saturated heterocycles. The number of aliphatic carboxylic acids is 1. The van der Waals surface area contributed by atoms with Crippen LogP contribution in [-0.2, 0) is 4.79 Å². The fourth-order valence-corrected chi connectivity index (χ4v) is 3.12. The number of carboxylic acids is 1. The third kappa shape index (κ3) is 2.61. The molecule has 0 aliphatic carbocycles. The highest BCUT2D eigenvalue weighted by Gasteiger charge is 2.37. The van der Waals surface area contributed by atoms with Crippen LogP contribution in [0, 0.1) is 6.92 Å². The summed E-state index contributed by atoms with van der Waals surface area (Å²) in [5.41, 5.74) is 2.98. The van der Waals surface area contributed by atoms with Crippen molar-refractivity contribution < 1.29 is 9.90 Å². The molecule has 0 fully saturated rings. The van der Waals surface area contributed by atoms with Gasteiger partial charge in [-0.05, 0) is 37.5 Å². The Hall–Kier alpha value is -1.49. The van der Waals surface area contributed by atoms with Gasteiger partial charge in [-0.15, -0.1) is 0 Å². The van der Waals surface area contributed by atoms with E-state index in [1.807, 2.05) is 39.0 Å². The molecule has 0 spiro atoms. The molecule has 0 saturated carbocycles. The Kier molecular flexibility index (Phi) is 3.85. The SMILES string of the molecule is CCC(CC)(Sc1nc2ccc(C)cc2[nH]1)C(=O)O. The standard InChI is InChI=1S/C14H18N2O2S/c1-4-14(5-2,12(17)18)19-13-15-10-7-6-9(3)8-11(10)16-13/h6-8H,4-5H2,1-3H3,(H,15,16)(H,17,18). The van der Waals surface area contributed by atoms with Crippen molar-refractivity contribution >= 4 is 28.8 Å². The van der Waals surface area contributed by atoms with E-state index in [1.165, 1.54) is 11.8 Å². The van der Waals surface area contributed by atoms with Crippen molar-refractivity contribution in [3.05, 3.63) is 23.8 Å². The number of nitrogens with one attached hydrogen (secondary N) is 1. The minimum Gasteiger partial charge on any atom is -0.480 e. The molecule has 2 aromatic rings. The van der Waals surface area contributed by atoms with Gasteiger partial charge in [-0.3, -0.25) is 4.79 Å². The lowest BCUT2D eigenvalue weighted by atomic mass is 10.0. The lowest BCUT2D eigenvalue weighted by molar-refractivity contribution is -0.140. The number of aromatic amines is 1. The zero-order valence-corrected chi connectivity index (χ0v) is 12.2. The lowest BCUT2D eigenvalue weighted by Gasteiger charge is -2.24. The fraction of sp³-hybridized carbons (Fsp3) is 0.429. The quantitative estimate of drug-likeness (QED) is 0.820. The molecule has 4 nitrogen and oxygen atoms in total. The Morgan fingerprint density at radius 2 is 2.11 bits per heavy atom. The summed E-state index contributed by atoms with van der Waals surface area (Å²) >= 11 is 1.31. The maximum Gasteiger partial charge on any atom is 0.320 e. The molecule has 0 aliphatic heterocycles. The molecular formula is C14H18N2O2S. The Bertz CT molecular complexity index is 603. The molecule has 2 N–H and O–H groups in total. The smallest absolute Gasteiger partial charge is 0.320 e. The van der Waals surface area contributed by atoms with Gasteiger partial charge in [0.15, 0.2) is 5.16 Å². The first-order chi connectivity index (χ1) is 9.00. The number of thioether (sulfide) groups is 1. The number of carboxylic acid groups (broad SMARTS) is 1. The normalized spacial score (nSPS) is 11.9. The van der Waals surface area contributed by atoms with Gasteiger partial charge in [-0.2, -0.15) is 0 Å². The third-order valence-electron chi connectivity index (χ3n) is 3.44. The molecule has 102 valence electrons. The molecule has 0 unspecified atom stereocenters. The topological polar surface area (TPSA) is 66.0 Å². The summed E-state index contributed by atoms with van der Waals surface area (Å²) in [5.74, 6) is -0.779. The van der Waals surface area contributed by atoms with E-state index < -0.39 is 10.7 Å². The first kappa shape index (κ1) is 13.9. The number of nitrogens with zero attached hydrogens (tertiary/aromatic N) is 1. The summed E-state index contributed by atoms with van der Waals surface area (Å²) in [6.45, 7) is 5.82. The van der Waals surface area contributed by atoms with E-state index in [0.717, 1.165) is 16.6 Å². The first-order valence-corrected chi connectivity index (χ1v) is 7.21. The summed E-state index contributed by atoms with van der Waals surface area (Å²) in [7, 11) is 0. The molecule has 1 aromatic carbocycles. The predicted octanol–water partition coefficient (Wildman–Crippen LogP) is 3.61. The molecule has 0 aliphatic rings. The maximum absolute atomic E-state index is 11.5. The largest absolute Gasteiger partial charge is 0.480 e. The van der Waals surface area contributed by atoms with Gasteiger partial charge >= 0.3 is 5.97 Å². The maximum atomic E-state index is 11.5. The van der Waals surface area contributed by atoms with Crippen molar-refractivity contribution in [2.75, 3.05) is 0 Å². The Morgan fingerprint density at radius 1 is 1.42 bits per heavy atom. The molecule has 0 amide bonds. The number of carbonyl (C=O) groups is 1. The number of benzene rings is 1. The number of hydrogen-bond acceptors (Lipinski definition) is 3. The molecule has 1 aromatic heterocycles. The van der Waals surface area contributed by atoms with Crippen molar-refractivity contribution in [2.45, 2.75) is 43.5 Å². The van der Waals surface area contributed by atoms with Crippen molar-refractivity contribution in [1.82, 2.24) is 9.97 Å². The van der Waals surface area contributed by atoms with Crippen LogP contribution in [0.4, 0.5) is 0 Å². The highest BCUT2D eigenvalue weighted by atomic mass is 32.2. The minimum absolute atomic E-state index is 0.569. The second-order valence-corrected chi connectivity index (χ2v) is 6.04. The van der Waals surface area contributed by atoms with Crippen LogP contribution >= 0.6 is 11.8 Å². The number of fused-ring (bicyclic) bond motifs is 1. The molecular weight excluding hydrogens is 260 g/mol. The average molecular weight is 278 g/mol. The number of aryl methyl sites for hydroxylation is 1. The second-order valence-electron chi connectivity index (χ2n) is 4.67. The van der Waals surface area contributed by atoms with Crippen LogP contribution in [-0.4, -0.2) is 25.8 Å². The van der Waals surface area contributed by atoms with Gasteiger partial charge in [0.2, 0.25) is 0 Å². The molecule has 1 heterocycles. The Morgan fingerprint density at radius 3 is 2.68 bits per heavy atom. The summed E-state index contributed by atoms with van der Waals surface area (Å²) in [6, 6.07) is 5.97.